The van der Waals surface area contributed by atoms with Gasteiger partial charge in [-0.1, -0.05) is 0 Å². The van der Waals surface area contributed by atoms with Crippen LogP contribution in [0.5, 0.6) is 0 Å². The molecule has 3 aliphatic heterocycles. The molecular weight excluding hydrogens is 227 g/mol. The fraction of sp³-hybridized carbons (Fsp3) is 0.909. The lowest BCUT2D eigenvalue weighted by molar-refractivity contribution is -0.0277. The quantitative estimate of drug-likeness (QED) is 0.732. The molecule has 3 saturated heterocycles. The van der Waals surface area contributed by atoms with Gasteiger partial charge in [0.15, 0.2) is 0 Å². The predicted molar refractivity (Wildman–Crippen MR) is 57.7 cm³/mol. The number of carbonyl (C=O) groups is 1. The van der Waals surface area contributed by atoms with Gasteiger partial charge < -0.3 is 14.7 Å². The zero-order chi connectivity index (χ0) is 12.0. The van der Waals surface area contributed by atoms with Crippen molar-refractivity contribution in [1.29, 1.82) is 0 Å². The number of piperidine rings is 1. The van der Waals surface area contributed by atoms with Gasteiger partial charge in [-0.15, -0.1) is 0 Å². The fourth-order valence-corrected chi connectivity index (χ4v) is 3.28. The Labute approximate surface area is 99.1 Å². The molecule has 0 saturated carbocycles. The van der Waals surface area contributed by atoms with Gasteiger partial charge in [0, 0.05) is 25.2 Å². The van der Waals surface area contributed by atoms with Gasteiger partial charge in [0.25, 0.3) is 0 Å². The first kappa shape index (κ1) is 11.2. The number of halogens is 1. The van der Waals surface area contributed by atoms with Gasteiger partial charge in [-0.05, 0) is 12.8 Å². The lowest BCUT2D eigenvalue weighted by Gasteiger charge is -2.41. The number of likely N-dealkylation sites (tertiary alicyclic amines) is 2. The minimum atomic E-state index is -1.07. The summed E-state index contributed by atoms with van der Waals surface area (Å²) in [4.78, 5) is 14.1. The van der Waals surface area contributed by atoms with E-state index in [-0.39, 0.29) is 18.7 Å². The van der Waals surface area contributed by atoms with Crippen LogP contribution in [0.1, 0.15) is 12.8 Å². The van der Waals surface area contributed by atoms with Crippen LogP contribution in [0.4, 0.5) is 9.18 Å². The zero-order valence-corrected chi connectivity index (χ0v) is 9.59. The first-order valence-electron chi connectivity index (χ1n) is 6.14. The Morgan fingerprint density at radius 1 is 1.41 bits per heavy atom. The van der Waals surface area contributed by atoms with Gasteiger partial charge >= 0.3 is 6.09 Å². The van der Waals surface area contributed by atoms with Crippen LogP contribution in [0, 0.1) is 0 Å². The van der Waals surface area contributed by atoms with E-state index in [1.165, 1.54) is 4.90 Å². The molecule has 0 aliphatic carbocycles. The van der Waals surface area contributed by atoms with Crippen LogP contribution in [0.25, 0.3) is 0 Å². The highest BCUT2D eigenvalue weighted by Gasteiger charge is 2.46. The molecule has 3 fully saturated rings. The number of carboxylic acid groups (broad SMARTS) is 1. The third-order valence-electron chi connectivity index (χ3n) is 4.15. The zero-order valence-electron chi connectivity index (χ0n) is 9.59. The summed E-state index contributed by atoms with van der Waals surface area (Å²) in [5, 5.41) is 8.84. The molecule has 0 aromatic heterocycles. The minimum absolute atomic E-state index is 0.00867. The molecule has 3 rings (SSSR count). The molecule has 2 bridgehead atoms. The molecule has 0 aromatic rings. The van der Waals surface area contributed by atoms with E-state index in [0.29, 0.717) is 25.6 Å². The third kappa shape index (κ3) is 1.89. The van der Waals surface area contributed by atoms with E-state index in [4.69, 9.17) is 9.84 Å². The second-order valence-corrected chi connectivity index (χ2v) is 5.14. The number of nitrogens with zero attached hydrogens (tertiary/aromatic N) is 2. The highest BCUT2D eigenvalue weighted by molar-refractivity contribution is 5.65. The van der Waals surface area contributed by atoms with Crippen LogP contribution in [0.2, 0.25) is 0 Å². The van der Waals surface area contributed by atoms with Crippen molar-refractivity contribution in [2.45, 2.75) is 37.2 Å². The summed E-state index contributed by atoms with van der Waals surface area (Å²) in [6, 6.07) is 0.226. The molecular formula is C11H17FN2O3. The average molecular weight is 244 g/mol. The Morgan fingerprint density at radius 2 is 2.24 bits per heavy atom. The van der Waals surface area contributed by atoms with Crippen LogP contribution in [0.15, 0.2) is 0 Å². The maximum atomic E-state index is 14.0. The lowest BCUT2D eigenvalue weighted by atomic mass is 10.0. The molecule has 3 heterocycles. The highest BCUT2D eigenvalue weighted by atomic mass is 19.1. The monoisotopic (exact) mass is 244 g/mol. The van der Waals surface area contributed by atoms with Crippen LogP contribution >= 0.6 is 0 Å². The number of morpholine rings is 1. The van der Waals surface area contributed by atoms with Crippen molar-refractivity contribution < 1.29 is 19.0 Å². The van der Waals surface area contributed by atoms with E-state index in [2.05, 4.69) is 4.90 Å². The van der Waals surface area contributed by atoms with Gasteiger partial charge in [-0.2, -0.15) is 0 Å². The number of hydrogen-bond acceptors (Lipinski definition) is 3. The number of fused-ring (bicyclic) bond motifs is 2. The fourth-order valence-electron chi connectivity index (χ4n) is 3.28. The Balaban J connectivity index is 1.64. The first-order chi connectivity index (χ1) is 8.15. The predicted octanol–water partition coefficient (Wildman–Crippen LogP) is 0.550. The van der Waals surface area contributed by atoms with Crippen molar-refractivity contribution in [1.82, 2.24) is 9.80 Å². The van der Waals surface area contributed by atoms with Gasteiger partial charge in [-0.3, -0.25) is 4.90 Å². The van der Waals surface area contributed by atoms with E-state index in [0.717, 1.165) is 13.0 Å². The van der Waals surface area contributed by atoms with E-state index in [1.54, 1.807) is 0 Å². The van der Waals surface area contributed by atoms with Crippen LogP contribution in [0.3, 0.4) is 0 Å². The number of rotatable bonds is 1. The van der Waals surface area contributed by atoms with Gasteiger partial charge in [0.1, 0.15) is 6.17 Å². The second-order valence-electron chi connectivity index (χ2n) is 5.14. The van der Waals surface area contributed by atoms with Gasteiger partial charge in [0.05, 0.1) is 19.3 Å². The van der Waals surface area contributed by atoms with Crippen LogP contribution in [-0.2, 0) is 4.74 Å². The van der Waals surface area contributed by atoms with Crippen LogP contribution in [-0.4, -0.2) is 71.6 Å². The Hall–Kier alpha value is -0.880. The minimum Gasteiger partial charge on any atom is -0.465 e. The van der Waals surface area contributed by atoms with Gasteiger partial charge in [-0.25, -0.2) is 9.18 Å². The summed E-state index contributed by atoms with van der Waals surface area (Å²) >= 11 is 0. The smallest absolute Gasteiger partial charge is 0.407 e. The molecule has 6 heteroatoms. The SMILES string of the molecule is O=C(O)N1CC[C@H](N2C[C@@H]3C[C@H]2CO3)[C@H](F)C1. The third-order valence-corrected chi connectivity index (χ3v) is 4.15. The largest absolute Gasteiger partial charge is 0.465 e. The standard InChI is InChI=1S/C11H17FN2O3/c12-9-5-13(11(15)16)2-1-10(9)14-4-8-3-7(14)6-17-8/h7-10H,1-6H2,(H,15,16)/t7-,8-,9+,10-/m0/s1. The van der Waals surface area contributed by atoms with Crippen molar-refractivity contribution in [3.63, 3.8) is 0 Å². The summed E-state index contributed by atoms with van der Waals surface area (Å²) in [7, 11) is 0. The molecule has 17 heavy (non-hydrogen) atoms. The van der Waals surface area contributed by atoms with Crippen molar-refractivity contribution >= 4 is 6.09 Å². The Bertz CT molecular complexity index is 328. The molecule has 1 amide bonds. The second kappa shape index (κ2) is 4.10. The summed E-state index contributed by atoms with van der Waals surface area (Å²) in [6.45, 7) is 1.96. The van der Waals surface area contributed by atoms with Crippen LogP contribution < -0.4 is 0 Å². The van der Waals surface area contributed by atoms with Crippen molar-refractivity contribution in [2.24, 2.45) is 0 Å². The van der Waals surface area contributed by atoms with Crippen molar-refractivity contribution in [3.8, 4) is 0 Å². The molecule has 0 radical (unpaired) electrons. The molecule has 0 aromatic carbocycles. The van der Waals surface area contributed by atoms with Crippen molar-refractivity contribution in [3.05, 3.63) is 0 Å². The Kier molecular flexibility index (Phi) is 2.71. The number of alkyl halides is 1. The molecule has 4 atom stereocenters. The lowest BCUT2D eigenvalue weighted by Crippen LogP contribution is -2.56. The van der Waals surface area contributed by atoms with E-state index in [9.17, 15) is 9.18 Å². The number of amides is 1. The molecule has 96 valence electrons. The first-order valence-corrected chi connectivity index (χ1v) is 6.14. The average Bonchev–Trinajstić information content (AvgIpc) is 2.90. The summed E-state index contributed by atoms with van der Waals surface area (Å²) in [6.07, 6.45) is -0.219. The summed E-state index contributed by atoms with van der Waals surface area (Å²) in [5.41, 5.74) is 0. The normalized spacial score (nSPS) is 42.1. The van der Waals surface area contributed by atoms with E-state index >= 15 is 0 Å². The number of hydrogen-bond donors (Lipinski definition) is 1. The molecule has 5 nitrogen and oxygen atoms in total. The Morgan fingerprint density at radius 3 is 2.76 bits per heavy atom. The molecule has 0 unspecified atom stereocenters. The maximum Gasteiger partial charge on any atom is 0.407 e. The molecule has 1 N–H and O–H groups in total. The highest BCUT2D eigenvalue weighted by Crippen LogP contribution is 2.33. The molecule has 0 spiro atoms. The number of ether oxygens (including phenoxy) is 1. The maximum absolute atomic E-state index is 14.0. The topological polar surface area (TPSA) is 53.0 Å². The van der Waals surface area contributed by atoms with E-state index in [1.807, 2.05) is 0 Å². The van der Waals surface area contributed by atoms with Gasteiger partial charge in [0.2, 0.25) is 0 Å². The van der Waals surface area contributed by atoms with E-state index < -0.39 is 12.3 Å². The van der Waals surface area contributed by atoms with Crippen molar-refractivity contribution in [2.75, 3.05) is 26.2 Å². The summed E-state index contributed by atoms with van der Waals surface area (Å²) < 4.78 is 19.5. The molecule has 3 aliphatic rings. The summed E-state index contributed by atoms with van der Waals surface area (Å²) in [5.74, 6) is 0.